The molecule has 1 aliphatic rings. The van der Waals surface area contributed by atoms with Gasteiger partial charge in [0.05, 0.1) is 5.41 Å². The highest BCUT2D eigenvalue weighted by atomic mass is 79.9. The van der Waals surface area contributed by atoms with Gasteiger partial charge in [0.15, 0.2) is 16.3 Å². The first-order valence-corrected chi connectivity index (χ1v) is 21.3. The van der Waals surface area contributed by atoms with E-state index < -0.39 is 21.7 Å². The van der Waals surface area contributed by atoms with Crippen molar-refractivity contribution in [3.63, 3.8) is 0 Å². The normalized spacial score (nSPS) is 12.6. The molecular weight excluding hydrogens is 762 g/mol. The number of para-hydroxylation sites is 2. The SMILES string of the molecule is Brc1cccc2c1C(c1ccccc1OP(c1ccccc1)c1ccccc1)(c1ccccc1OP(c1ccccc1)c1ccccc1)c1ccccc1-2. The third-order valence-corrected chi connectivity index (χ3v) is 14.4. The minimum Gasteiger partial charge on any atom is -0.464 e. The molecule has 0 saturated carbocycles. The van der Waals surface area contributed by atoms with E-state index >= 15 is 0 Å². The smallest absolute Gasteiger partial charge is 0.150 e. The Morgan fingerprint density at radius 2 is 0.685 bits per heavy atom. The Morgan fingerprint density at radius 1 is 0.333 bits per heavy atom. The summed E-state index contributed by atoms with van der Waals surface area (Å²) in [6, 6.07) is 75.0. The molecule has 8 aromatic carbocycles. The Morgan fingerprint density at radius 3 is 1.13 bits per heavy atom. The van der Waals surface area contributed by atoms with Gasteiger partial charge >= 0.3 is 0 Å². The predicted octanol–water partition coefficient (Wildman–Crippen LogP) is 11.7. The zero-order valence-electron chi connectivity index (χ0n) is 29.3. The summed E-state index contributed by atoms with van der Waals surface area (Å²) in [7, 11) is -2.43. The fraction of sp³-hybridized carbons (Fsp3) is 0.0204. The maximum Gasteiger partial charge on any atom is 0.150 e. The molecule has 0 bridgehead atoms. The molecule has 0 fully saturated rings. The van der Waals surface area contributed by atoms with Crippen molar-refractivity contribution in [3.8, 4) is 22.6 Å². The first kappa shape index (κ1) is 34.5. The van der Waals surface area contributed by atoms with Crippen molar-refractivity contribution in [2.24, 2.45) is 0 Å². The van der Waals surface area contributed by atoms with Crippen LogP contribution in [0.15, 0.2) is 217 Å². The third kappa shape index (κ3) is 6.17. The monoisotopic (exact) mass is 796 g/mol. The Labute approximate surface area is 327 Å². The molecule has 0 aromatic heterocycles. The van der Waals surface area contributed by atoms with E-state index in [9.17, 15) is 0 Å². The third-order valence-electron chi connectivity index (χ3n) is 9.93. The zero-order valence-corrected chi connectivity index (χ0v) is 32.7. The Balaban J connectivity index is 1.31. The minimum absolute atomic E-state index is 0.804. The highest BCUT2D eigenvalue weighted by molar-refractivity contribution is 9.10. The molecule has 0 heterocycles. The Hall–Kier alpha value is -5.30. The van der Waals surface area contributed by atoms with E-state index in [1.54, 1.807) is 0 Å². The van der Waals surface area contributed by atoms with Crippen LogP contribution >= 0.6 is 32.2 Å². The molecule has 2 nitrogen and oxygen atoms in total. The second-order valence-corrected chi connectivity index (χ2v) is 17.5. The molecule has 8 aromatic rings. The molecule has 260 valence electrons. The average Bonchev–Trinajstić information content (AvgIpc) is 3.55. The number of hydrogen-bond donors (Lipinski definition) is 0. The van der Waals surface area contributed by atoms with Crippen LogP contribution in [0.4, 0.5) is 0 Å². The summed E-state index contributed by atoms with van der Waals surface area (Å²) in [5.74, 6) is 1.66. The average molecular weight is 798 g/mol. The topological polar surface area (TPSA) is 18.5 Å². The van der Waals surface area contributed by atoms with E-state index in [2.05, 4.69) is 228 Å². The quantitative estimate of drug-likeness (QED) is 0.128. The lowest BCUT2D eigenvalue weighted by molar-refractivity contribution is 0.577. The van der Waals surface area contributed by atoms with Crippen molar-refractivity contribution in [3.05, 3.63) is 239 Å². The lowest BCUT2D eigenvalue weighted by Gasteiger charge is -2.37. The van der Waals surface area contributed by atoms with Crippen molar-refractivity contribution in [2.75, 3.05) is 0 Å². The first-order valence-electron chi connectivity index (χ1n) is 18.0. The summed E-state index contributed by atoms with van der Waals surface area (Å²) in [6.45, 7) is 0. The zero-order chi connectivity index (χ0) is 36.3. The number of hydrogen-bond acceptors (Lipinski definition) is 2. The standard InChI is InChI=1S/C49H35BrO2P2/c50-45-33-19-29-41-40-28-13-14-30-42(40)49(48(41)45,43-31-15-17-34-46(43)51-53(36-20-5-1-6-21-36)37-22-7-2-8-23-37)44-32-16-18-35-47(44)52-54(38-24-9-3-10-25-38)39-26-11-4-12-27-39/h1-35H. The van der Waals surface area contributed by atoms with E-state index in [1.807, 2.05) is 0 Å². The largest absolute Gasteiger partial charge is 0.464 e. The molecule has 54 heavy (non-hydrogen) atoms. The lowest BCUT2D eigenvalue weighted by atomic mass is 9.67. The van der Waals surface area contributed by atoms with Gasteiger partial charge in [0, 0.05) is 36.8 Å². The molecule has 0 N–H and O–H groups in total. The summed E-state index contributed by atoms with van der Waals surface area (Å²) in [5.41, 5.74) is 6.05. The van der Waals surface area contributed by atoms with Crippen molar-refractivity contribution in [2.45, 2.75) is 5.41 Å². The van der Waals surface area contributed by atoms with Gasteiger partial charge in [0.1, 0.15) is 11.5 Å². The van der Waals surface area contributed by atoms with Gasteiger partial charge in [-0.1, -0.05) is 210 Å². The second kappa shape index (κ2) is 15.2. The van der Waals surface area contributed by atoms with Gasteiger partial charge in [-0.2, -0.15) is 0 Å². The summed E-state index contributed by atoms with van der Waals surface area (Å²) in [6.07, 6.45) is 0. The van der Waals surface area contributed by atoms with Crippen molar-refractivity contribution >= 4 is 53.4 Å². The van der Waals surface area contributed by atoms with Gasteiger partial charge in [-0.05, 0) is 40.5 Å². The maximum absolute atomic E-state index is 7.42. The molecule has 0 unspecified atom stereocenters. The van der Waals surface area contributed by atoms with Crippen LogP contribution in [0, 0.1) is 0 Å². The van der Waals surface area contributed by atoms with Crippen LogP contribution in [-0.2, 0) is 5.41 Å². The molecular formula is C49H35BrO2P2. The number of halogens is 1. The molecule has 0 aliphatic heterocycles. The van der Waals surface area contributed by atoms with Crippen LogP contribution in [0.25, 0.3) is 11.1 Å². The molecule has 0 saturated heterocycles. The number of rotatable bonds is 10. The van der Waals surface area contributed by atoms with E-state index in [-0.39, 0.29) is 0 Å². The van der Waals surface area contributed by atoms with Crippen molar-refractivity contribution < 1.29 is 9.05 Å². The summed E-state index contributed by atoms with van der Waals surface area (Å²) in [4.78, 5) is 0. The number of fused-ring (bicyclic) bond motifs is 3. The molecule has 0 amide bonds. The Bertz CT molecular complexity index is 2320. The predicted molar refractivity (Wildman–Crippen MR) is 231 cm³/mol. The van der Waals surface area contributed by atoms with Gasteiger partial charge in [-0.15, -0.1) is 0 Å². The summed E-state index contributed by atoms with van der Waals surface area (Å²) >= 11 is 4.10. The van der Waals surface area contributed by atoms with E-state index in [1.165, 1.54) is 22.3 Å². The Kier molecular flexibility index (Phi) is 9.71. The maximum atomic E-state index is 7.42. The van der Waals surface area contributed by atoms with Gasteiger partial charge < -0.3 is 9.05 Å². The van der Waals surface area contributed by atoms with Crippen LogP contribution < -0.4 is 30.3 Å². The molecule has 9 rings (SSSR count). The summed E-state index contributed by atoms with van der Waals surface area (Å²) in [5, 5.41) is 4.60. The van der Waals surface area contributed by atoms with E-state index in [4.69, 9.17) is 9.05 Å². The van der Waals surface area contributed by atoms with Gasteiger partial charge in [-0.3, -0.25) is 0 Å². The van der Waals surface area contributed by atoms with Crippen LogP contribution in [0.1, 0.15) is 22.3 Å². The minimum atomic E-state index is -1.21. The lowest BCUT2D eigenvalue weighted by Crippen LogP contribution is -2.31. The van der Waals surface area contributed by atoms with E-state index in [0.717, 1.165) is 48.3 Å². The molecule has 1 aliphatic carbocycles. The molecule has 0 spiro atoms. The van der Waals surface area contributed by atoms with Crippen molar-refractivity contribution in [1.29, 1.82) is 0 Å². The van der Waals surface area contributed by atoms with Gasteiger partial charge in [0.2, 0.25) is 0 Å². The highest BCUT2D eigenvalue weighted by Crippen LogP contribution is 2.62. The van der Waals surface area contributed by atoms with Crippen molar-refractivity contribution in [1.82, 2.24) is 0 Å². The summed E-state index contributed by atoms with van der Waals surface area (Å²) < 4.78 is 15.9. The second-order valence-electron chi connectivity index (χ2n) is 13.1. The highest BCUT2D eigenvalue weighted by Gasteiger charge is 2.50. The molecule has 0 radical (unpaired) electrons. The van der Waals surface area contributed by atoms with Crippen LogP contribution in [-0.4, -0.2) is 0 Å². The van der Waals surface area contributed by atoms with E-state index in [0.29, 0.717) is 0 Å². The van der Waals surface area contributed by atoms with Crippen LogP contribution in [0.3, 0.4) is 0 Å². The van der Waals surface area contributed by atoms with Gasteiger partial charge in [0.25, 0.3) is 0 Å². The fourth-order valence-electron chi connectivity index (χ4n) is 7.69. The first-order chi connectivity index (χ1) is 26.7. The molecule has 0 atom stereocenters. The van der Waals surface area contributed by atoms with Crippen LogP contribution in [0.5, 0.6) is 11.5 Å². The molecule has 5 heteroatoms. The van der Waals surface area contributed by atoms with Gasteiger partial charge in [-0.25, -0.2) is 0 Å². The van der Waals surface area contributed by atoms with Crippen LogP contribution in [0.2, 0.25) is 0 Å². The number of benzene rings is 8. The fourth-order valence-corrected chi connectivity index (χ4v) is 11.9.